The minimum atomic E-state index is -0.0961. The third-order valence-corrected chi connectivity index (χ3v) is 2.64. The number of rotatable bonds is 3. The molecule has 0 saturated carbocycles. The smallest absolute Gasteiger partial charge is 0.252 e. The fourth-order valence-electron chi connectivity index (χ4n) is 1.01. The van der Waals surface area contributed by atoms with Crippen LogP contribution in [0.15, 0.2) is 22.7 Å². The summed E-state index contributed by atoms with van der Waals surface area (Å²) in [5.41, 5.74) is 0.575. The maximum absolute atomic E-state index is 11.6. The zero-order chi connectivity index (χ0) is 10.6. The van der Waals surface area contributed by atoms with Gasteiger partial charge in [-0.3, -0.25) is 4.79 Å². The van der Waals surface area contributed by atoms with E-state index < -0.39 is 0 Å². The average Bonchev–Trinajstić information content (AvgIpc) is 2.18. The van der Waals surface area contributed by atoms with E-state index in [-0.39, 0.29) is 5.91 Å². The summed E-state index contributed by atoms with van der Waals surface area (Å²) in [6.45, 7) is 2.69. The molecular weight excluding hydrogens is 265 g/mol. The average molecular weight is 277 g/mol. The first kappa shape index (κ1) is 11.5. The van der Waals surface area contributed by atoms with Crippen LogP contribution in [0.2, 0.25) is 5.02 Å². The summed E-state index contributed by atoms with van der Waals surface area (Å²) in [5, 5.41) is 3.35. The molecular formula is C10H11BrClNO. The molecule has 14 heavy (non-hydrogen) atoms. The highest BCUT2D eigenvalue weighted by Crippen LogP contribution is 2.20. The van der Waals surface area contributed by atoms with Crippen LogP contribution in [0.5, 0.6) is 0 Å². The van der Waals surface area contributed by atoms with Crippen molar-refractivity contribution in [2.75, 3.05) is 6.54 Å². The molecule has 0 unspecified atom stereocenters. The maximum Gasteiger partial charge on any atom is 0.252 e. The van der Waals surface area contributed by atoms with Crippen LogP contribution >= 0.6 is 27.5 Å². The molecule has 0 saturated heterocycles. The molecule has 0 aliphatic carbocycles. The first-order chi connectivity index (χ1) is 6.65. The lowest BCUT2D eigenvalue weighted by Gasteiger charge is -2.05. The number of benzene rings is 1. The molecule has 0 fully saturated rings. The number of carbonyl (C=O) groups excluding carboxylic acids is 1. The molecule has 0 spiro atoms. The first-order valence-corrected chi connectivity index (χ1v) is 5.55. The topological polar surface area (TPSA) is 29.1 Å². The number of amides is 1. The van der Waals surface area contributed by atoms with Crippen molar-refractivity contribution in [1.29, 1.82) is 0 Å². The third kappa shape index (κ3) is 3.00. The van der Waals surface area contributed by atoms with E-state index in [1.807, 2.05) is 6.92 Å². The van der Waals surface area contributed by atoms with Gasteiger partial charge in [0.2, 0.25) is 0 Å². The Balaban J connectivity index is 2.83. The molecule has 0 aromatic heterocycles. The van der Waals surface area contributed by atoms with E-state index in [4.69, 9.17) is 11.6 Å². The third-order valence-electron chi connectivity index (χ3n) is 1.71. The zero-order valence-electron chi connectivity index (χ0n) is 7.81. The Morgan fingerprint density at radius 2 is 2.29 bits per heavy atom. The molecule has 76 valence electrons. The largest absolute Gasteiger partial charge is 0.352 e. The van der Waals surface area contributed by atoms with Crippen LogP contribution < -0.4 is 5.32 Å². The van der Waals surface area contributed by atoms with Gasteiger partial charge in [0.15, 0.2) is 0 Å². The minimum Gasteiger partial charge on any atom is -0.352 e. The van der Waals surface area contributed by atoms with Crippen molar-refractivity contribution in [2.24, 2.45) is 0 Å². The first-order valence-electron chi connectivity index (χ1n) is 4.38. The molecule has 0 aliphatic rings. The van der Waals surface area contributed by atoms with E-state index in [9.17, 15) is 4.79 Å². The fraction of sp³-hybridized carbons (Fsp3) is 0.300. The normalized spacial score (nSPS) is 9.93. The van der Waals surface area contributed by atoms with Crippen molar-refractivity contribution in [3.05, 3.63) is 33.3 Å². The minimum absolute atomic E-state index is 0.0961. The van der Waals surface area contributed by atoms with Gasteiger partial charge in [0.25, 0.3) is 5.91 Å². The number of halogens is 2. The number of hydrogen-bond donors (Lipinski definition) is 1. The Hall–Kier alpha value is -0.540. The number of carbonyl (C=O) groups is 1. The summed E-state index contributed by atoms with van der Waals surface area (Å²) in [4.78, 5) is 11.6. The van der Waals surface area contributed by atoms with Crippen molar-refractivity contribution >= 4 is 33.4 Å². The van der Waals surface area contributed by atoms with Gasteiger partial charge in [-0.05, 0) is 40.5 Å². The highest BCUT2D eigenvalue weighted by Gasteiger charge is 2.09. The van der Waals surface area contributed by atoms with Gasteiger partial charge < -0.3 is 5.32 Å². The molecule has 0 radical (unpaired) electrons. The van der Waals surface area contributed by atoms with Crippen LogP contribution in [0.1, 0.15) is 23.7 Å². The molecule has 0 atom stereocenters. The molecule has 1 N–H and O–H groups in total. The molecule has 1 aromatic carbocycles. The van der Waals surface area contributed by atoms with Crippen molar-refractivity contribution in [3.8, 4) is 0 Å². The Labute approximate surface area is 96.8 Å². The molecule has 4 heteroatoms. The van der Waals surface area contributed by atoms with Gasteiger partial charge in [0, 0.05) is 16.0 Å². The molecule has 2 nitrogen and oxygen atoms in total. The summed E-state index contributed by atoms with van der Waals surface area (Å²) < 4.78 is 0.760. The van der Waals surface area contributed by atoms with Crippen molar-refractivity contribution in [1.82, 2.24) is 5.32 Å². The van der Waals surface area contributed by atoms with Crippen LogP contribution in [-0.4, -0.2) is 12.5 Å². The van der Waals surface area contributed by atoms with E-state index in [0.29, 0.717) is 17.1 Å². The van der Waals surface area contributed by atoms with Crippen LogP contribution in [0.4, 0.5) is 0 Å². The maximum atomic E-state index is 11.6. The quantitative estimate of drug-likeness (QED) is 0.902. The summed E-state index contributed by atoms with van der Waals surface area (Å²) >= 11 is 9.10. The second-order valence-corrected chi connectivity index (χ2v) is 4.17. The van der Waals surface area contributed by atoms with Crippen LogP contribution in [-0.2, 0) is 0 Å². The van der Waals surface area contributed by atoms with E-state index in [2.05, 4.69) is 21.2 Å². The fourth-order valence-corrected chi connectivity index (χ4v) is 1.60. The van der Waals surface area contributed by atoms with Gasteiger partial charge in [0.05, 0.1) is 5.56 Å². The molecule has 0 heterocycles. The van der Waals surface area contributed by atoms with E-state index >= 15 is 0 Å². The molecule has 0 bridgehead atoms. The summed E-state index contributed by atoms with van der Waals surface area (Å²) in [6, 6.07) is 5.15. The van der Waals surface area contributed by atoms with Crippen molar-refractivity contribution in [3.63, 3.8) is 0 Å². The SMILES string of the molecule is CCCNC(=O)c1cc(Cl)ccc1Br. The van der Waals surface area contributed by atoms with Gasteiger partial charge in [-0.15, -0.1) is 0 Å². The second kappa shape index (κ2) is 5.37. The summed E-state index contributed by atoms with van der Waals surface area (Å²) in [5.74, 6) is -0.0961. The van der Waals surface area contributed by atoms with Gasteiger partial charge in [-0.1, -0.05) is 18.5 Å². The molecule has 1 amide bonds. The van der Waals surface area contributed by atoms with Crippen molar-refractivity contribution < 1.29 is 4.79 Å². The van der Waals surface area contributed by atoms with E-state index in [1.54, 1.807) is 18.2 Å². The van der Waals surface area contributed by atoms with Crippen LogP contribution in [0, 0.1) is 0 Å². The monoisotopic (exact) mass is 275 g/mol. The van der Waals surface area contributed by atoms with Crippen LogP contribution in [0.3, 0.4) is 0 Å². The summed E-state index contributed by atoms with van der Waals surface area (Å²) in [7, 11) is 0. The Morgan fingerprint density at radius 3 is 2.93 bits per heavy atom. The molecule has 1 rings (SSSR count). The number of nitrogens with one attached hydrogen (secondary N) is 1. The predicted molar refractivity (Wildman–Crippen MR) is 61.8 cm³/mol. The second-order valence-electron chi connectivity index (χ2n) is 2.88. The van der Waals surface area contributed by atoms with Gasteiger partial charge in [-0.2, -0.15) is 0 Å². The Kier molecular flexibility index (Phi) is 4.42. The highest BCUT2D eigenvalue weighted by atomic mass is 79.9. The van der Waals surface area contributed by atoms with Gasteiger partial charge in [0.1, 0.15) is 0 Å². The van der Waals surface area contributed by atoms with Gasteiger partial charge >= 0.3 is 0 Å². The standard InChI is InChI=1S/C10H11BrClNO/c1-2-5-13-10(14)8-6-7(12)3-4-9(8)11/h3-4,6H,2,5H2,1H3,(H,13,14). The Morgan fingerprint density at radius 1 is 1.57 bits per heavy atom. The molecule has 0 aliphatic heterocycles. The zero-order valence-corrected chi connectivity index (χ0v) is 10.2. The number of hydrogen-bond acceptors (Lipinski definition) is 1. The lowest BCUT2D eigenvalue weighted by atomic mass is 10.2. The van der Waals surface area contributed by atoms with E-state index in [0.717, 1.165) is 10.9 Å². The molecule has 1 aromatic rings. The highest BCUT2D eigenvalue weighted by molar-refractivity contribution is 9.10. The summed E-state index contributed by atoms with van der Waals surface area (Å²) in [6.07, 6.45) is 0.921. The van der Waals surface area contributed by atoms with Crippen LogP contribution in [0.25, 0.3) is 0 Å². The van der Waals surface area contributed by atoms with E-state index in [1.165, 1.54) is 0 Å². The van der Waals surface area contributed by atoms with Gasteiger partial charge in [-0.25, -0.2) is 0 Å². The lowest BCUT2D eigenvalue weighted by molar-refractivity contribution is 0.0953. The lowest BCUT2D eigenvalue weighted by Crippen LogP contribution is -2.24. The van der Waals surface area contributed by atoms with Crippen molar-refractivity contribution in [2.45, 2.75) is 13.3 Å². The Bertz CT molecular complexity index is 341. The predicted octanol–water partition coefficient (Wildman–Crippen LogP) is 3.24.